The third-order valence-corrected chi connectivity index (χ3v) is 8.36. The molecule has 1 aliphatic rings. The Bertz CT molecular complexity index is 1180. The summed E-state index contributed by atoms with van der Waals surface area (Å²) in [4.78, 5) is 5.69. The summed E-state index contributed by atoms with van der Waals surface area (Å²) in [5.41, 5.74) is 2.58. The summed E-state index contributed by atoms with van der Waals surface area (Å²) in [6.45, 7) is 1.10. The van der Waals surface area contributed by atoms with Crippen LogP contribution in [0.15, 0.2) is 63.8 Å². The van der Waals surface area contributed by atoms with Crippen LogP contribution in [0.5, 0.6) is 0 Å². The second-order valence-corrected chi connectivity index (χ2v) is 10.2. The Morgan fingerprint density at radius 2 is 1.76 bits per heavy atom. The molecule has 0 bridgehead atoms. The maximum atomic E-state index is 13.1. The van der Waals surface area contributed by atoms with Gasteiger partial charge in [0.15, 0.2) is 4.80 Å². The second-order valence-electron chi connectivity index (χ2n) is 7.02. The number of hydrogen-bond donors (Lipinski definition) is 0. The number of rotatable bonds is 4. The SMILES string of the molecule is Cn1c(-c2ccc(Cl)c(S(=O)(=O)N3CCCCC3)c2)csc1=Nc1ccccc1. The first-order valence-corrected chi connectivity index (χ1v) is 12.2. The van der Waals surface area contributed by atoms with Crippen LogP contribution in [0.1, 0.15) is 19.3 Å². The highest BCUT2D eigenvalue weighted by molar-refractivity contribution is 7.89. The highest BCUT2D eigenvalue weighted by Gasteiger charge is 2.28. The summed E-state index contributed by atoms with van der Waals surface area (Å²) < 4.78 is 29.8. The van der Waals surface area contributed by atoms with Crippen LogP contribution in [-0.2, 0) is 17.1 Å². The molecular weight excluding hydrogens is 426 g/mol. The first-order valence-electron chi connectivity index (χ1n) is 9.51. The van der Waals surface area contributed by atoms with Crippen molar-refractivity contribution in [3.05, 3.63) is 63.7 Å². The van der Waals surface area contributed by atoms with E-state index in [0.717, 1.165) is 41.0 Å². The van der Waals surface area contributed by atoms with E-state index in [2.05, 4.69) is 4.99 Å². The molecule has 1 fully saturated rings. The van der Waals surface area contributed by atoms with Gasteiger partial charge in [0.1, 0.15) is 4.90 Å². The first kappa shape index (κ1) is 20.3. The minimum atomic E-state index is -3.61. The fraction of sp³-hybridized carbons (Fsp3) is 0.286. The van der Waals surface area contributed by atoms with E-state index < -0.39 is 10.0 Å². The van der Waals surface area contributed by atoms with Crippen LogP contribution in [0.2, 0.25) is 5.02 Å². The number of para-hydroxylation sites is 1. The molecule has 8 heteroatoms. The van der Waals surface area contributed by atoms with Gasteiger partial charge in [-0.2, -0.15) is 4.31 Å². The zero-order valence-electron chi connectivity index (χ0n) is 16.1. The van der Waals surface area contributed by atoms with Crippen molar-refractivity contribution in [2.45, 2.75) is 24.2 Å². The quantitative estimate of drug-likeness (QED) is 0.576. The van der Waals surface area contributed by atoms with Crippen molar-refractivity contribution in [1.29, 1.82) is 0 Å². The number of thiazole rings is 1. The van der Waals surface area contributed by atoms with Crippen molar-refractivity contribution >= 4 is 38.6 Å². The van der Waals surface area contributed by atoms with E-state index in [1.165, 1.54) is 11.3 Å². The molecule has 2 aromatic carbocycles. The van der Waals surface area contributed by atoms with Crippen molar-refractivity contribution < 1.29 is 8.42 Å². The van der Waals surface area contributed by atoms with Gasteiger partial charge in [0.05, 0.1) is 16.4 Å². The number of sulfonamides is 1. The lowest BCUT2D eigenvalue weighted by atomic mass is 10.2. The zero-order valence-corrected chi connectivity index (χ0v) is 18.5. The van der Waals surface area contributed by atoms with E-state index >= 15 is 0 Å². The van der Waals surface area contributed by atoms with Gasteiger partial charge in [-0.05, 0) is 37.1 Å². The van der Waals surface area contributed by atoms with E-state index in [4.69, 9.17) is 11.6 Å². The summed E-state index contributed by atoms with van der Waals surface area (Å²) >= 11 is 7.83. The van der Waals surface area contributed by atoms with E-state index in [1.54, 1.807) is 16.4 Å². The molecule has 1 aliphatic heterocycles. The fourth-order valence-electron chi connectivity index (χ4n) is 3.45. The topological polar surface area (TPSA) is 54.7 Å². The van der Waals surface area contributed by atoms with Crippen LogP contribution >= 0.6 is 22.9 Å². The monoisotopic (exact) mass is 447 g/mol. The van der Waals surface area contributed by atoms with Crippen molar-refractivity contribution in [3.63, 3.8) is 0 Å². The predicted molar refractivity (Wildman–Crippen MR) is 118 cm³/mol. The normalized spacial score (nSPS) is 16.3. The Labute approximate surface area is 180 Å². The average molecular weight is 448 g/mol. The molecule has 0 aliphatic carbocycles. The van der Waals surface area contributed by atoms with Gasteiger partial charge in [-0.1, -0.05) is 42.3 Å². The molecule has 1 aromatic heterocycles. The molecule has 5 nitrogen and oxygen atoms in total. The number of piperidine rings is 1. The standard InChI is InChI=1S/C21H22ClN3O2S2/c1-24-19(15-28-21(24)23-17-8-4-2-5-9-17)16-10-11-18(22)20(14-16)29(26,27)25-12-6-3-7-13-25/h2,4-5,8-11,14-15H,3,6-7,12-13H2,1H3. The van der Waals surface area contributed by atoms with Crippen LogP contribution in [0.4, 0.5) is 5.69 Å². The van der Waals surface area contributed by atoms with Crippen molar-refractivity contribution in [3.8, 4) is 11.3 Å². The molecular formula is C21H22ClN3O2S2. The minimum Gasteiger partial charge on any atom is -0.320 e. The summed E-state index contributed by atoms with van der Waals surface area (Å²) in [7, 11) is -1.67. The number of halogens is 1. The molecule has 0 amide bonds. The molecule has 2 heterocycles. The molecule has 3 aromatic rings. The average Bonchev–Trinajstić information content (AvgIpc) is 3.10. The van der Waals surface area contributed by atoms with Crippen LogP contribution in [0.3, 0.4) is 0 Å². The minimum absolute atomic E-state index is 0.173. The summed E-state index contributed by atoms with van der Waals surface area (Å²) in [6, 6.07) is 15.0. The lowest BCUT2D eigenvalue weighted by Crippen LogP contribution is -2.35. The zero-order chi connectivity index (χ0) is 20.4. The molecule has 4 rings (SSSR count). The van der Waals surface area contributed by atoms with Crippen molar-refractivity contribution in [1.82, 2.24) is 8.87 Å². The number of hydrogen-bond acceptors (Lipinski definition) is 4. The molecule has 29 heavy (non-hydrogen) atoms. The third kappa shape index (κ3) is 4.19. The lowest BCUT2D eigenvalue weighted by Gasteiger charge is -2.26. The largest absolute Gasteiger partial charge is 0.320 e. The van der Waals surface area contributed by atoms with Gasteiger partial charge in [-0.25, -0.2) is 13.4 Å². The maximum absolute atomic E-state index is 13.1. The van der Waals surface area contributed by atoms with E-state index in [-0.39, 0.29) is 9.92 Å². The lowest BCUT2D eigenvalue weighted by molar-refractivity contribution is 0.346. The molecule has 0 saturated carbocycles. The Balaban J connectivity index is 1.74. The number of nitrogens with zero attached hydrogens (tertiary/aromatic N) is 3. The van der Waals surface area contributed by atoms with Gasteiger partial charge in [0.2, 0.25) is 10.0 Å². The molecule has 152 valence electrons. The molecule has 0 N–H and O–H groups in total. The fourth-order valence-corrected chi connectivity index (χ4v) is 6.39. The summed E-state index contributed by atoms with van der Waals surface area (Å²) in [6.07, 6.45) is 2.85. The summed E-state index contributed by atoms with van der Waals surface area (Å²) in [5, 5.41) is 2.24. The van der Waals surface area contributed by atoms with Crippen molar-refractivity contribution in [2.75, 3.05) is 13.1 Å². The predicted octanol–water partition coefficient (Wildman–Crippen LogP) is 4.81. The van der Waals surface area contributed by atoms with E-state index in [1.807, 2.05) is 53.4 Å². The Morgan fingerprint density at radius 3 is 2.48 bits per heavy atom. The Kier molecular flexibility index (Phi) is 5.92. The molecule has 0 unspecified atom stereocenters. The third-order valence-electron chi connectivity index (χ3n) is 5.07. The molecule has 0 spiro atoms. The summed E-state index contributed by atoms with van der Waals surface area (Å²) in [5.74, 6) is 0. The second kappa shape index (κ2) is 8.44. The van der Waals surface area contributed by atoms with Gasteiger partial charge >= 0.3 is 0 Å². The highest BCUT2D eigenvalue weighted by atomic mass is 35.5. The van der Waals surface area contributed by atoms with Gasteiger partial charge < -0.3 is 4.57 Å². The number of benzene rings is 2. The van der Waals surface area contributed by atoms with Gasteiger partial charge in [0.25, 0.3) is 0 Å². The van der Waals surface area contributed by atoms with Gasteiger partial charge in [-0.15, -0.1) is 11.3 Å². The van der Waals surface area contributed by atoms with Crippen LogP contribution in [-0.4, -0.2) is 30.4 Å². The van der Waals surface area contributed by atoms with Crippen molar-refractivity contribution in [2.24, 2.45) is 12.0 Å². The van der Waals surface area contributed by atoms with E-state index in [0.29, 0.717) is 13.1 Å². The van der Waals surface area contributed by atoms with Gasteiger partial charge in [-0.3, -0.25) is 0 Å². The van der Waals surface area contributed by atoms with Crippen LogP contribution < -0.4 is 4.80 Å². The Hall–Kier alpha value is -1.93. The first-order chi connectivity index (χ1) is 14.0. The smallest absolute Gasteiger partial charge is 0.244 e. The number of aromatic nitrogens is 1. The van der Waals surface area contributed by atoms with E-state index in [9.17, 15) is 8.42 Å². The molecule has 1 saturated heterocycles. The Morgan fingerprint density at radius 1 is 1.03 bits per heavy atom. The van der Waals surface area contributed by atoms with Gasteiger partial charge in [0, 0.05) is 31.1 Å². The maximum Gasteiger partial charge on any atom is 0.244 e. The van der Waals surface area contributed by atoms with Crippen LogP contribution in [0, 0.1) is 0 Å². The van der Waals surface area contributed by atoms with Crippen LogP contribution in [0.25, 0.3) is 11.3 Å². The molecule has 0 radical (unpaired) electrons. The molecule has 0 atom stereocenters. The highest BCUT2D eigenvalue weighted by Crippen LogP contribution is 2.31.